The van der Waals surface area contributed by atoms with Crippen molar-refractivity contribution < 1.29 is 9.47 Å². The van der Waals surface area contributed by atoms with E-state index in [0.717, 1.165) is 18.4 Å². The van der Waals surface area contributed by atoms with Crippen LogP contribution in [0.5, 0.6) is 0 Å². The molecular weight excluding hydrogens is 276 g/mol. The topological polar surface area (TPSA) is 18.5 Å². The van der Waals surface area contributed by atoms with Crippen molar-refractivity contribution in [1.29, 1.82) is 0 Å². The normalized spacial score (nSPS) is 28.4. The predicted molar refractivity (Wildman–Crippen MR) is 51.2 cm³/mol. The summed E-state index contributed by atoms with van der Waals surface area (Å²) >= 11 is 6.68. The molecule has 0 spiro atoms. The van der Waals surface area contributed by atoms with Gasteiger partial charge in [0.25, 0.3) is 0 Å². The van der Waals surface area contributed by atoms with E-state index in [4.69, 9.17) is 9.47 Å². The summed E-state index contributed by atoms with van der Waals surface area (Å²) in [5, 5.41) is 0.873. The highest BCUT2D eigenvalue weighted by atomic mass is 79.9. The van der Waals surface area contributed by atoms with Crippen molar-refractivity contribution in [2.24, 2.45) is 0 Å². The Morgan fingerprint density at radius 2 is 2.36 bits per heavy atom. The summed E-state index contributed by atoms with van der Waals surface area (Å²) in [6, 6.07) is 0. The Morgan fingerprint density at radius 3 is 2.91 bits per heavy atom. The first kappa shape index (κ1) is 9.96. The standard InChI is InChI=1S/C7H12Br2O2/c8-5-6(9)11-7-3-1-2-4-10-7/h6-7H,1-5H2. The zero-order valence-corrected chi connectivity index (χ0v) is 9.43. The van der Waals surface area contributed by atoms with E-state index >= 15 is 0 Å². The van der Waals surface area contributed by atoms with Gasteiger partial charge < -0.3 is 9.47 Å². The van der Waals surface area contributed by atoms with E-state index in [1.54, 1.807) is 0 Å². The van der Waals surface area contributed by atoms with E-state index < -0.39 is 0 Å². The van der Waals surface area contributed by atoms with Crippen molar-refractivity contribution in [1.82, 2.24) is 0 Å². The summed E-state index contributed by atoms with van der Waals surface area (Å²) in [6.45, 7) is 0.840. The monoisotopic (exact) mass is 286 g/mol. The fourth-order valence-electron chi connectivity index (χ4n) is 1.02. The Morgan fingerprint density at radius 1 is 1.55 bits per heavy atom. The van der Waals surface area contributed by atoms with E-state index in [1.165, 1.54) is 12.8 Å². The molecule has 0 radical (unpaired) electrons. The zero-order valence-electron chi connectivity index (χ0n) is 6.26. The molecule has 1 heterocycles. The number of alkyl halides is 2. The summed E-state index contributed by atoms with van der Waals surface area (Å²) in [7, 11) is 0. The van der Waals surface area contributed by atoms with Crippen molar-refractivity contribution in [3.05, 3.63) is 0 Å². The highest BCUT2D eigenvalue weighted by molar-refractivity contribution is 9.12. The first-order valence-corrected chi connectivity index (χ1v) is 5.83. The fraction of sp³-hybridized carbons (Fsp3) is 1.00. The second-order valence-corrected chi connectivity index (χ2v) is 4.17. The van der Waals surface area contributed by atoms with Crippen LogP contribution in [0.15, 0.2) is 0 Å². The van der Waals surface area contributed by atoms with Crippen molar-refractivity contribution in [3.63, 3.8) is 0 Å². The summed E-state index contributed by atoms with van der Waals surface area (Å²) in [5.74, 6) is 0. The molecule has 0 aromatic heterocycles. The Bertz CT molecular complexity index is 105. The lowest BCUT2D eigenvalue weighted by Crippen LogP contribution is -2.25. The highest BCUT2D eigenvalue weighted by Gasteiger charge is 2.16. The van der Waals surface area contributed by atoms with Crippen LogP contribution in [0.1, 0.15) is 19.3 Å². The molecule has 0 N–H and O–H groups in total. The Balaban J connectivity index is 2.13. The van der Waals surface area contributed by atoms with Gasteiger partial charge in [-0.15, -0.1) is 0 Å². The number of hydrogen-bond donors (Lipinski definition) is 0. The van der Waals surface area contributed by atoms with E-state index in [-0.39, 0.29) is 11.3 Å². The van der Waals surface area contributed by atoms with Crippen molar-refractivity contribution in [2.75, 3.05) is 11.9 Å². The second-order valence-electron chi connectivity index (χ2n) is 2.50. The molecule has 1 fully saturated rings. The van der Waals surface area contributed by atoms with Gasteiger partial charge in [0.05, 0.1) is 0 Å². The van der Waals surface area contributed by atoms with Gasteiger partial charge >= 0.3 is 0 Å². The van der Waals surface area contributed by atoms with Crippen LogP contribution < -0.4 is 0 Å². The first-order chi connectivity index (χ1) is 5.33. The summed E-state index contributed by atoms with van der Waals surface area (Å²) in [6.07, 6.45) is 3.41. The second kappa shape index (κ2) is 5.51. The molecule has 1 rings (SSSR count). The van der Waals surface area contributed by atoms with Crippen LogP contribution >= 0.6 is 31.9 Å². The Kier molecular flexibility index (Phi) is 4.99. The minimum atomic E-state index is 0.00525. The molecule has 2 nitrogen and oxygen atoms in total. The summed E-state index contributed by atoms with van der Waals surface area (Å²) in [4.78, 5) is 0. The lowest BCUT2D eigenvalue weighted by molar-refractivity contribution is -0.164. The number of rotatable bonds is 3. The molecule has 2 atom stereocenters. The molecule has 11 heavy (non-hydrogen) atoms. The van der Waals surface area contributed by atoms with E-state index in [0.29, 0.717) is 0 Å². The summed E-state index contributed by atoms with van der Waals surface area (Å²) < 4.78 is 10.9. The van der Waals surface area contributed by atoms with Crippen LogP contribution in [0.25, 0.3) is 0 Å². The van der Waals surface area contributed by atoms with Crippen LogP contribution in [0.4, 0.5) is 0 Å². The fourth-order valence-corrected chi connectivity index (χ4v) is 1.41. The number of hydrogen-bond acceptors (Lipinski definition) is 2. The molecule has 2 unspecified atom stereocenters. The maximum atomic E-state index is 5.49. The third-order valence-electron chi connectivity index (χ3n) is 1.56. The SMILES string of the molecule is BrCC(Br)OC1CCCCO1. The number of ether oxygens (including phenoxy) is 2. The van der Waals surface area contributed by atoms with Gasteiger partial charge in [-0.25, -0.2) is 0 Å². The predicted octanol–water partition coefficient (Wildman–Crippen LogP) is 2.65. The van der Waals surface area contributed by atoms with Crippen molar-refractivity contribution in [3.8, 4) is 0 Å². The minimum Gasteiger partial charge on any atom is -0.353 e. The van der Waals surface area contributed by atoms with Gasteiger partial charge in [0, 0.05) is 11.9 Å². The molecule has 0 aliphatic carbocycles. The minimum absolute atomic E-state index is 0.00525. The van der Waals surface area contributed by atoms with Gasteiger partial charge in [-0.05, 0) is 19.3 Å². The molecule has 0 saturated carbocycles. The highest BCUT2D eigenvalue weighted by Crippen LogP contribution is 2.18. The molecule has 1 aliphatic heterocycles. The van der Waals surface area contributed by atoms with Crippen LogP contribution in [0.2, 0.25) is 0 Å². The van der Waals surface area contributed by atoms with Crippen molar-refractivity contribution >= 4 is 31.9 Å². The van der Waals surface area contributed by atoms with Crippen molar-refractivity contribution in [2.45, 2.75) is 30.6 Å². The zero-order chi connectivity index (χ0) is 8.10. The van der Waals surface area contributed by atoms with Gasteiger partial charge in [-0.2, -0.15) is 0 Å². The average molecular weight is 288 g/mol. The van der Waals surface area contributed by atoms with E-state index in [1.807, 2.05) is 0 Å². The van der Waals surface area contributed by atoms with Crippen LogP contribution in [-0.2, 0) is 9.47 Å². The smallest absolute Gasteiger partial charge is 0.159 e. The quantitative estimate of drug-likeness (QED) is 0.743. The average Bonchev–Trinajstić information content (AvgIpc) is 2.06. The molecule has 0 aromatic rings. The van der Waals surface area contributed by atoms with Gasteiger partial charge in [0.2, 0.25) is 0 Å². The third-order valence-corrected chi connectivity index (χ3v) is 3.56. The molecule has 0 aromatic carbocycles. The molecule has 1 aliphatic rings. The lowest BCUT2D eigenvalue weighted by atomic mass is 10.2. The first-order valence-electron chi connectivity index (χ1n) is 3.80. The van der Waals surface area contributed by atoms with Gasteiger partial charge in [0.1, 0.15) is 5.01 Å². The van der Waals surface area contributed by atoms with Crippen LogP contribution in [0.3, 0.4) is 0 Å². The van der Waals surface area contributed by atoms with Crippen LogP contribution in [-0.4, -0.2) is 23.2 Å². The molecule has 0 bridgehead atoms. The van der Waals surface area contributed by atoms with E-state index in [2.05, 4.69) is 31.9 Å². The summed E-state index contributed by atoms with van der Waals surface area (Å²) in [5.41, 5.74) is 0. The Hall–Kier alpha value is 0.880. The largest absolute Gasteiger partial charge is 0.353 e. The maximum Gasteiger partial charge on any atom is 0.159 e. The molecule has 0 amide bonds. The van der Waals surface area contributed by atoms with Gasteiger partial charge in [-0.1, -0.05) is 31.9 Å². The van der Waals surface area contributed by atoms with Crippen LogP contribution in [0, 0.1) is 0 Å². The molecule has 66 valence electrons. The van der Waals surface area contributed by atoms with Gasteiger partial charge in [0.15, 0.2) is 6.29 Å². The maximum absolute atomic E-state index is 5.49. The molecular formula is C7H12Br2O2. The van der Waals surface area contributed by atoms with E-state index in [9.17, 15) is 0 Å². The third kappa shape index (κ3) is 3.87. The lowest BCUT2D eigenvalue weighted by Gasteiger charge is -2.24. The van der Waals surface area contributed by atoms with Gasteiger partial charge in [-0.3, -0.25) is 0 Å². The number of halogens is 2. The molecule has 4 heteroatoms. The molecule has 1 saturated heterocycles. The Labute approximate surface area is 83.9 Å².